The van der Waals surface area contributed by atoms with Crippen LogP contribution < -0.4 is 0 Å². The largest absolute Gasteiger partial charge is 0.445 e. The van der Waals surface area contributed by atoms with Gasteiger partial charge in [-0.3, -0.25) is 14.9 Å². The normalized spacial score (nSPS) is 16.9. The van der Waals surface area contributed by atoms with Crippen molar-refractivity contribution in [2.24, 2.45) is 5.10 Å². The summed E-state index contributed by atoms with van der Waals surface area (Å²) in [5.74, 6) is 0.0226. The van der Waals surface area contributed by atoms with E-state index in [1.165, 1.54) is 18.0 Å². The molecule has 1 aliphatic heterocycles. The summed E-state index contributed by atoms with van der Waals surface area (Å²) in [5, 5.41) is 16.2. The van der Waals surface area contributed by atoms with Crippen molar-refractivity contribution < 1.29 is 14.5 Å². The molecular formula is C15H13N3O4S. The second-order valence-electron chi connectivity index (χ2n) is 5.04. The molecule has 1 amide bonds. The van der Waals surface area contributed by atoms with Crippen LogP contribution in [0.15, 0.2) is 41.5 Å². The summed E-state index contributed by atoms with van der Waals surface area (Å²) < 4.78 is 5.78. The Bertz CT molecular complexity index is 797. The van der Waals surface area contributed by atoms with Crippen molar-refractivity contribution in [2.75, 3.05) is 0 Å². The minimum Gasteiger partial charge on any atom is -0.445 e. The van der Waals surface area contributed by atoms with E-state index in [1.54, 1.807) is 6.07 Å². The minimum absolute atomic E-state index is 0.00381. The lowest BCUT2D eigenvalue weighted by Crippen LogP contribution is -2.24. The number of benzene rings is 1. The van der Waals surface area contributed by atoms with Gasteiger partial charge in [0.15, 0.2) is 0 Å². The van der Waals surface area contributed by atoms with Crippen LogP contribution in [0.25, 0.3) is 0 Å². The van der Waals surface area contributed by atoms with E-state index in [0.717, 1.165) is 22.5 Å². The number of amides is 1. The molecule has 0 aliphatic carbocycles. The lowest BCUT2D eigenvalue weighted by Gasteiger charge is -2.17. The summed E-state index contributed by atoms with van der Waals surface area (Å²) in [7, 11) is 0. The molecule has 8 heteroatoms. The first-order valence-electron chi connectivity index (χ1n) is 6.82. The van der Waals surface area contributed by atoms with Crippen molar-refractivity contribution in [2.45, 2.75) is 20.1 Å². The average Bonchev–Trinajstić information content (AvgIpc) is 3.14. The number of nitrogens with zero attached hydrogens (tertiary/aromatic N) is 3. The molecule has 0 radical (unpaired) electrons. The second-order valence-corrected chi connectivity index (χ2v) is 6.13. The maximum Gasteiger partial charge on any atom is 0.324 e. The van der Waals surface area contributed by atoms with Crippen molar-refractivity contribution in [1.29, 1.82) is 0 Å². The molecule has 0 N–H and O–H groups in total. The Morgan fingerprint density at radius 1 is 1.30 bits per heavy atom. The average molecular weight is 331 g/mol. The van der Waals surface area contributed by atoms with E-state index < -0.39 is 11.2 Å². The molecule has 1 aromatic heterocycles. The number of rotatable bonds is 3. The summed E-state index contributed by atoms with van der Waals surface area (Å²) in [4.78, 5) is 22.7. The molecule has 7 nitrogen and oxygen atoms in total. The summed E-state index contributed by atoms with van der Waals surface area (Å²) >= 11 is 0.968. The van der Waals surface area contributed by atoms with Crippen LogP contribution in [0.5, 0.6) is 0 Å². The van der Waals surface area contributed by atoms with Crippen molar-refractivity contribution in [1.82, 2.24) is 5.01 Å². The summed E-state index contributed by atoms with van der Waals surface area (Å²) in [6.45, 7) is 3.34. The van der Waals surface area contributed by atoms with Gasteiger partial charge in [-0.2, -0.15) is 5.01 Å². The lowest BCUT2D eigenvalue weighted by atomic mass is 10.1. The lowest BCUT2D eigenvalue weighted by molar-refractivity contribution is -0.380. The highest BCUT2D eigenvalue weighted by Gasteiger charge is 2.35. The van der Waals surface area contributed by atoms with Crippen LogP contribution in [0.3, 0.4) is 0 Å². The number of hydrogen-bond acceptors (Lipinski definition) is 6. The van der Waals surface area contributed by atoms with Crippen LogP contribution in [-0.2, 0) is 9.53 Å². The summed E-state index contributed by atoms with van der Waals surface area (Å²) in [6.07, 6.45) is -0.775. The van der Waals surface area contributed by atoms with Crippen LogP contribution in [0.2, 0.25) is 0 Å². The Morgan fingerprint density at radius 2 is 2.00 bits per heavy atom. The fourth-order valence-electron chi connectivity index (χ4n) is 2.14. The van der Waals surface area contributed by atoms with E-state index in [9.17, 15) is 14.9 Å². The molecule has 0 bridgehead atoms. The van der Waals surface area contributed by atoms with E-state index in [0.29, 0.717) is 10.8 Å². The van der Waals surface area contributed by atoms with Gasteiger partial charge in [0.2, 0.25) is 18.0 Å². The number of hydrazone groups is 1. The van der Waals surface area contributed by atoms with Gasteiger partial charge in [-0.05, 0) is 25.1 Å². The van der Waals surface area contributed by atoms with E-state index in [-0.39, 0.29) is 10.9 Å². The van der Waals surface area contributed by atoms with E-state index in [1.807, 2.05) is 31.2 Å². The number of carbonyl (C=O) groups is 1. The van der Waals surface area contributed by atoms with Crippen LogP contribution in [-0.4, -0.2) is 21.7 Å². The van der Waals surface area contributed by atoms with Crippen molar-refractivity contribution in [3.63, 3.8) is 0 Å². The number of ether oxygens (including phenoxy) is 1. The smallest absolute Gasteiger partial charge is 0.324 e. The topological polar surface area (TPSA) is 85.0 Å². The van der Waals surface area contributed by atoms with E-state index in [2.05, 4.69) is 5.10 Å². The maximum atomic E-state index is 11.8. The highest BCUT2D eigenvalue weighted by atomic mass is 32.1. The molecule has 2 aromatic rings. The van der Waals surface area contributed by atoms with Gasteiger partial charge < -0.3 is 4.74 Å². The molecule has 0 saturated carbocycles. The molecule has 118 valence electrons. The molecule has 0 fully saturated rings. The van der Waals surface area contributed by atoms with E-state index >= 15 is 0 Å². The molecule has 3 rings (SSSR count). The first-order chi connectivity index (χ1) is 11.0. The van der Waals surface area contributed by atoms with E-state index in [4.69, 9.17) is 4.74 Å². The van der Waals surface area contributed by atoms with Gasteiger partial charge in [-0.15, -0.1) is 5.10 Å². The highest BCUT2D eigenvalue weighted by molar-refractivity contribution is 7.15. The Kier molecular flexibility index (Phi) is 3.83. The number of carbonyl (C=O) groups excluding carboxylic acids is 1. The van der Waals surface area contributed by atoms with Crippen molar-refractivity contribution >= 4 is 28.1 Å². The van der Waals surface area contributed by atoms with Crippen molar-refractivity contribution in [3.8, 4) is 0 Å². The number of hydrogen-bond donors (Lipinski definition) is 0. The Balaban J connectivity index is 1.91. The zero-order chi connectivity index (χ0) is 16.6. The Hall–Kier alpha value is -2.74. The molecule has 1 aromatic carbocycles. The third-order valence-corrected chi connectivity index (χ3v) is 4.37. The van der Waals surface area contributed by atoms with Crippen LogP contribution in [0.4, 0.5) is 5.00 Å². The molecule has 0 spiro atoms. The summed E-state index contributed by atoms with van der Waals surface area (Å²) in [5.41, 5.74) is 1.84. The van der Waals surface area contributed by atoms with Gasteiger partial charge in [0.25, 0.3) is 0 Å². The number of aryl methyl sites for hydroxylation is 1. The zero-order valence-corrected chi connectivity index (χ0v) is 13.2. The SMILES string of the molecule is CC(=O)N1N=C(c2ccc(C)cc2)OC1c1ccc([N+](=O)[O-])s1. The fourth-order valence-corrected chi connectivity index (χ4v) is 2.98. The first-order valence-corrected chi connectivity index (χ1v) is 7.63. The van der Waals surface area contributed by atoms with Gasteiger partial charge in [0.1, 0.15) is 0 Å². The van der Waals surface area contributed by atoms with Gasteiger partial charge in [0, 0.05) is 18.6 Å². The fraction of sp³-hybridized carbons (Fsp3) is 0.200. The van der Waals surface area contributed by atoms with Crippen LogP contribution in [0.1, 0.15) is 29.2 Å². The van der Waals surface area contributed by atoms with Gasteiger partial charge in [-0.1, -0.05) is 29.0 Å². The maximum absolute atomic E-state index is 11.8. The molecule has 2 heterocycles. The number of nitro groups is 1. The standard InChI is InChI=1S/C15H13N3O4S/c1-9-3-5-11(6-4-9)14-16-17(10(2)19)15(22-14)12-7-8-13(23-12)18(20)21/h3-8,15H,1-2H3. The summed E-state index contributed by atoms with van der Waals surface area (Å²) in [6, 6.07) is 10.5. The first kappa shape index (κ1) is 15.2. The molecule has 0 saturated heterocycles. The number of thiophene rings is 1. The molecular weight excluding hydrogens is 318 g/mol. The van der Waals surface area contributed by atoms with Gasteiger partial charge >= 0.3 is 5.00 Å². The second kappa shape index (κ2) is 5.81. The molecule has 1 aliphatic rings. The third-order valence-electron chi connectivity index (χ3n) is 3.30. The quantitative estimate of drug-likeness (QED) is 0.638. The highest BCUT2D eigenvalue weighted by Crippen LogP contribution is 2.36. The van der Waals surface area contributed by atoms with Crippen molar-refractivity contribution in [3.05, 3.63) is 62.5 Å². The van der Waals surface area contributed by atoms with Crippen LogP contribution in [0, 0.1) is 17.0 Å². The Morgan fingerprint density at radius 3 is 2.57 bits per heavy atom. The van der Waals surface area contributed by atoms with Crippen LogP contribution >= 0.6 is 11.3 Å². The third kappa shape index (κ3) is 2.93. The van der Waals surface area contributed by atoms with Gasteiger partial charge in [0.05, 0.1) is 9.80 Å². The molecule has 23 heavy (non-hydrogen) atoms. The van der Waals surface area contributed by atoms with Gasteiger partial charge in [-0.25, -0.2) is 0 Å². The molecule has 1 unspecified atom stereocenters. The monoisotopic (exact) mass is 331 g/mol. The molecule has 1 atom stereocenters. The predicted molar refractivity (Wildman–Crippen MR) is 85.0 cm³/mol. The zero-order valence-electron chi connectivity index (χ0n) is 12.4. The minimum atomic E-state index is -0.775. The predicted octanol–water partition coefficient (Wildman–Crippen LogP) is 3.20. The Labute approximate surface area is 136 Å².